The molecule has 0 aliphatic rings. The zero-order chi connectivity index (χ0) is 25.9. The van der Waals surface area contributed by atoms with Gasteiger partial charge in [-0.25, -0.2) is 4.79 Å². The van der Waals surface area contributed by atoms with Crippen molar-refractivity contribution >= 4 is 40.6 Å². The maximum Gasteiger partial charge on any atom is 0.322 e. The van der Waals surface area contributed by atoms with Gasteiger partial charge >= 0.3 is 6.03 Å². The Hall–Kier alpha value is -3.23. The Morgan fingerprint density at radius 2 is 1.78 bits per heavy atom. The number of rotatable bonds is 12. The molecule has 0 aliphatic carbocycles. The average molecular weight is 530 g/mol. The number of nitrogens with one attached hydrogen (secondary N) is 1. The molecule has 0 saturated heterocycles. The van der Waals surface area contributed by atoms with Gasteiger partial charge in [0, 0.05) is 28.7 Å². The molecule has 0 saturated carbocycles. The first-order valence-corrected chi connectivity index (χ1v) is 13.0. The molecule has 1 aromatic heterocycles. The van der Waals surface area contributed by atoms with Crippen LogP contribution < -0.4 is 14.8 Å². The topological polar surface area (TPSA) is 71.1 Å². The van der Waals surface area contributed by atoms with Gasteiger partial charge in [-0.3, -0.25) is 4.79 Å². The Bertz CT molecular complexity index is 1140. The van der Waals surface area contributed by atoms with Gasteiger partial charge < -0.3 is 24.6 Å². The number of amides is 3. The summed E-state index contributed by atoms with van der Waals surface area (Å²) in [6.45, 7) is 3.41. The number of hydrogen-bond acceptors (Lipinski definition) is 5. The number of hydrogen-bond donors (Lipinski definition) is 1. The molecule has 3 rings (SSSR count). The van der Waals surface area contributed by atoms with Gasteiger partial charge in [0.2, 0.25) is 5.91 Å². The van der Waals surface area contributed by atoms with Crippen molar-refractivity contribution in [2.45, 2.75) is 26.3 Å². The van der Waals surface area contributed by atoms with Gasteiger partial charge in [0.05, 0.1) is 20.8 Å². The van der Waals surface area contributed by atoms with Gasteiger partial charge in [0.25, 0.3) is 0 Å². The average Bonchev–Trinajstić information content (AvgIpc) is 3.39. The molecule has 1 heterocycles. The molecule has 0 unspecified atom stereocenters. The fourth-order valence-corrected chi connectivity index (χ4v) is 4.65. The summed E-state index contributed by atoms with van der Waals surface area (Å²) >= 11 is 7.65. The smallest absolute Gasteiger partial charge is 0.322 e. The molecule has 3 amide bonds. The van der Waals surface area contributed by atoms with Crippen molar-refractivity contribution in [3.8, 4) is 11.5 Å². The molecule has 0 fully saturated rings. The molecule has 0 spiro atoms. The first-order valence-electron chi connectivity index (χ1n) is 11.8. The van der Waals surface area contributed by atoms with Crippen LogP contribution in [0.2, 0.25) is 5.02 Å². The van der Waals surface area contributed by atoms with Crippen LogP contribution in [-0.4, -0.2) is 55.6 Å². The fraction of sp³-hybridized carbons (Fsp3) is 0.333. The van der Waals surface area contributed by atoms with E-state index in [2.05, 4.69) is 5.32 Å². The molecule has 1 N–H and O–H groups in total. The zero-order valence-corrected chi connectivity index (χ0v) is 22.4. The van der Waals surface area contributed by atoms with Crippen molar-refractivity contribution in [1.82, 2.24) is 9.80 Å². The summed E-state index contributed by atoms with van der Waals surface area (Å²) in [6.07, 6.45) is 1.37. The van der Waals surface area contributed by atoms with Gasteiger partial charge in [-0.05, 0) is 60.2 Å². The number of halogens is 1. The zero-order valence-electron chi connectivity index (χ0n) is 20.8. The highest BCUT2D eigenvalue weighted by atomic mass is 35.5. The van der Waals surface area contributed by atoms with E-state index in [1.807, 2.05) is 42.6 Å². The molecule has 0 bridgehead atoms. The Morgan fingerprint density at radius 3 is 2.44 bits per heavy atom. The highest BCUT2D eigenvalue weighted by Crippen LogP contribution is 2.28. The number of nitrogens with zero attached hydrogens (tertiary/aromatic N) is 2. The van der Waals surface area contributed by atoms with Crippen molar-refractivity contribution in [1.29, 1.82) is 0 Å². The molecule has 0 radical (unpaired) electrons. The van der Waals surface area contributed by atoms with Crippen LogP contribution in [0.4, 0.5) is 10.5 Å². The van der Waals surface area contributed by atoms with E-state index >= 15 is 0 Å². The molecule has 3 aromatic rings. The summed E-state index contributed by atoms with van der Waals surface area (Å²) in [7, 11) is 3.20. The van der Waals surface area contributed by atoms with E-state index in [-0.39, 0.29) is 18.5 Å². The van der Waals surface area contributed by atoms with Gasteiger partial charge in [-0.15, -0.1) is 11.3 Å². The lowest BCUT2D eigenvalue weighted by molar-refractivity contribution is -0.132. The van der Waals surface area contributed by atoms with Crippen LogP contribution in [0.1, 0.15) is 23.8 Å². The number of carbonyl (C=O) groups excluding carboxylic acids is 2. The number of carbonyl (C=O) groups is 2. The van der Waals surface area contributed by atoms with E-state index in [0.29, 0.717) is 48.3 Å². The summed E-state index contributed by atoms with van der Waals surface area (Å²) in [6, 6.07) is 16.4. The number of thiophene rings is 1. The van der Waals surface area contributed by atoms with E-state index < -0.39 is 0 Å². The molecule has 0 atom stereocenters. The van der Waals surface area contributed by atoms with E-state index in [4.69, 9.17) is 21.1 Å². The molecular formula is C27H32ClN3O4S. The first kappa shape index (κ1) is 27.4. The summed E-state index contributed by atoms with van der Waals surface area (Å²) < 4.78 is 10.7. The highest BCUT2D eigenvalue weighted by Gasteiger charge is 2.22. The predicted octanol–water partition coefficient (Wildman–Crippen LogP) is 5.93. The summed E-state index contributed by atoms with van der Waals surface area (Å²) in [5.41, 5.74) is 1.62. The standard InChI is InChI=1S/C27H32ClN3O4S/c1-4-13-31(27(33)29-22-8-5-7-21(28)17-22)19-26(32)30(18-23-9-6-15-36-23)14-12-20-10-11-24(34-2)25(16-20)35-3/h5-11,15-17H,4,12-14,18-19H2,1-3H3,(H,29,33). The molecule has 36 heavy (non-hydrogen) atoms. The maximum absolute atomic E-state index is 13.5. The number of urea groups is 1. The number of anilines is 1. The molecule has 192 valence electrons. The van der Waals surface area contributed by atoms with E-state index in [0.717, 1.165) is 16.9 Å². The lowest BCUT2D eigenvalue weighted by Crippen LogP contribution is -2.45. The number of ether oxygens (including phenoxy) is 2. The Labute approximate surface area is 221 Å². The Kier molecular flexibility index (Phi) is 10.5. The minimum atomic E-state index is -0.330. The summed E-state index contributed by atoms with van der Waals surface area (Å²) in [5, 5.41) is 5.37. The van der Waals surface area contributed by atoms with Crippen LogP contribution >= 0.6 is 22.9 Å². The van der Waals surface area contributed by atoms with Crippen LogP contribution in [0.3, 0.4) is 0 Å². The summed E-state index contributed by atoms with van der Waals surface area (Å²) in [4.78, 5) is 30.9. The van der Waals surface area contributed by atoms with E-state index in [1.54, 1.807) is 59.6 Å². The SMILES string of the molecule is CCCN(CC(=O)N(CCc1ccc(OC)c(OC)c1)Cc1cccs1)C(=O)Nc1cccc(Cl)c1. The number of methoxy groups -OCH3 is 2. The first-order chi connectivity index (χ1) is 17.4. The lowest BCUT2D eigenvalue weighted by Gasteiger charge is -2.27. The second kappa shape index (κ2) is 13.8. The van der Waals surface area contributed by atoms with Crippen LogP contribution in [0, 0.1) is 0 Å². The third kappa shape index (κ3) is 7.90. The van der Waals surface area contributed by atoms with Crippen molar-refractivity contribution in [2.75, 3.05) is 39.2 Å². The van der Waals surface area contributed by atoms with Gasteiger partial charge in [-0.1, -0.05) is 36.7 Å². The van der Waals surface area contributed by atoms with Crippen LogP contribution in [0.25, 0.3) is 0 Å². The molecule has 2 aromatic carbocycles. The van der Waals surface area contributed by atoms with Crippen molar-refractivity contribution < 1.29 is 19.1 Å². The van der Waals surface area contributed by atoms with Crippen LogP contribution in [0.5, 0.6) is 11.5 Å². The molecular weight excluding hydrogens is 498 g/mol. The summed E-state index contributed by atoms with van der Waals surface area (Å²) in [5.74, 6) is 1.20. The van der Waals surface area contributed by atoms with Gasteiger partial charge in [-0.2, -0.15) is 0 Å². The van der Waals surface area contributed by atoms with Crippen LogP contribution in [-0.2, 0) is 17.8 Å². The second-order valence-corrected chi connectivity index (χ2v) is 9.66. The molecule has 0 aliphatic heterocycles. The minimum Gasteiger partial charge on any atom is -0.493 e. The third-order valence-corrected chi connectivity index (χ3v) is 6.68. The van der Waals surface area contributed by atoms with E-state index in [1.165, 1.54) is 0 Å². The van der Waals surface area contributed by atoms with Crippen molar-refractivity contribution in [2.24, 2.45) is 0 Å². The predicted molar refractivity (Wildman–Crippen MR) is 145 cm³/mol. The Balaban J connectivity index is 1.71. The van der Waals surface area contributed by atoms with Gasteiger partial charge in [0.1, 0.15) is 6.54 Å². The largest absolute Gasteiger partial charge is 0.493 e. The normalized spacial score (nSPS) is 10.6. The fourth-order valence-electron chi connectivity index (χ4n) is 3.74. The van der Waals surface area contributed by atoms with E-state index in [9.17, 15) is 9.59 Å². The van der Waals surface area contributed by atoms with Crippen molar-refractivity contribution in [3.63, 3.8) is 0 Å². The quantitative estimate of drug-likeness (QED) is 0.315. The van der Waals surface area contributed by atoms with Gasteiger partial charge in [0.15, 0.2) is 11.5 Å². The van der Waals surface area contributed by atoms with Crippen LogP contribution in [0.15, 0.2) is 60.0 Å². The maximum atomic E-state index is 13.5. The molecule has 9 heteroatoms. The highest BCUT2D eigenvalue weighted by molar-refractivity contribution is 7.09. The third-order valence-electron chi connectivity index (χ3n) is 5.58. The Morgan fingerprint density at radius 1 is 0.972 bits per heavy atom. The minimum absolute atomic E-state index is 0.0163. The monoisotopic (exact) mass is 529 g/mol. The molecule has 7 nitrogen and oxygen atoms in total. The number of benzene rings is 2. The van der Waals surface area contributed by atoms with Crippen molar-refractivity contribution in [3.05, 3.63) is 75.4 Å². The lowest BCUT2D eigenvalue weighted by atomic mass is 10.1. The second-order valence-electron chi connectivity index (χ2n) is 8.20.